The van der Waals surface area contributed by atoms with Crippen molar-refractivity contribution in [1.29, 1.82) is 0 Å². The second-order valence-electron chi connectivity index (χ2n) is 6.19. The topological polar surface area (TPSA) is 55.4 Å². The van der Waals surface area contributed by atoms with Gasteiger partial charge in [0.2, 0.25) is 5.92 Å². The molecule has 0 aromatic carbocycles. The molecule has 1 N–H and O–H groups in total. The number of hydrogen-bond acceptors (Lipinski definition) is 3. The second kappa shape index (κ2) is 3.65. The molecule has 1 unspecified atom stereocenters. The summed E-state index contributed by atoms with van der Waals surface area (Å²) >= 11 is 0. The van der Waals surface area contributed by atoms with E-state index in [1.807, 2.05) is 0 Å². The summed E-state index contributed by atoms with van der Waals surface area (Å²) in [6.07, 6.45) is -1.46. The van der Waals surface area contributed by atoms with Crippen molar-refractivity contribution in [3.63, 3.8) is 0 Å². The smallest absolute Gasteiger partial charge is 0.407 e. The number of amides is 1. The maximum atomic E-state index is 12.9. The summed E-state index contributed by atoms with van der Waals surface area (Å²) in [7, 11) is 0. The van der Waals surface area contributed by atoms with E-state index in [0.717, 1.165) is 0 Å². The van der Waals surface area contributed by atoms with Gasteiger partial charge < -0.3 is 10.1 Å². The molecule has 1 spiro atoms. The molecule has 2 aliphatic carbocycles. The van der Waals surface area contributed by atoms with Crippen molar-refractivity contribution >= 4 is 11.9 Å². The second-order valence-corrected chi connectivity index (χ2v) is 6.19. The first-order valence-electron chi connectivity index (χ1n) is 5.95. The first kappa shape index (κ1) is 13.2. The zero-order chi connectivity index (χ0) is 13.8. The Labute approximate surface area is 104 Å². The van der Waals surface area contributed by atoms with Crippen molar-refractivity contribution in [3.8, 4) is 0 Å². The zero-order valence-electron chi connectivity index (χ0n) is 10.7. The SMILES string of the molecule is CC(C)(C)OC(=O)NC1CC(=O)C12CC(F)(F)C2. The Morgan fingerprint density at radius 3 is 2.33 bits per heavy atom. The lowest BCUT2D eigenvalue weighted by Crippen LogP contribution is -2.70. The monoisotopic (exact) mass is 261 g/mol. The van der Waals surface area contributed by atoms with Gasteiger partial charge >= 0.3 is 6.09 Å². The highest BCUT2D eigenvalue weighted by molar-refractivity contribution is 5.95. The number of halogens is 2. The fraction of sp³-hybridized carbons (Fsp3) is 0.833. The number of carbonyl (C=O) groups excluding carboxylic acids is 2. The summed E-state index contributed by atoms with van der Waals surface area (Å²) in [6.45, 7) is 5.14. The first-order valence-corrected chi connectivity index (χ1v) is 5.95. The molecular weight excluding hydrogens is 244 g/mol. The number of nitrogens with one attached hydrogen (secondary N) is 1. The quantitative estimate of drug-likeness (QED) is 0.787. The lowest BCUT2D eigenvalue weighted by molar-refractivity contribution is -0.202. The van der Waals surface area contributed by atoms with E-state index < -0.39 is 41.9 Å². The Hall–Kier alpha value is -1.20. The molecule has 0 saturated heterocycles. The summed E-state index contributed by atoms with van der Waals surface area (Å²) in [6, 6.07) is -0.514. The molecule has 0 heterocycles. The van der Waals surface area contributed by atoms with Gasteiger partial charge in [-0.25, -0.2) is 13.6 Å². The lowest BCUT2D eigenvalue weighted by Gasteiger charge is -2.56. The van der Waals surface area contributed by atoms with Crippen LogP contribution in [0, 0.1) is 5.41 Å². The van der Waals surface area contributed by atoms with Crippen molar-refractivity contribution in [2.45, 2.75) is 57.6 Å². The minimum Gasteiger partial charge on any atom is -0.444 e. The highest BCUT2D eigenvalue weighted by atomic mass is 19.3. The number of alkyl carbamates (subject to hydrolysis) is 1. The van der Waals surface area contributed by atoms with Gasteiger partial charge in [-0.3, -0.25) is 4.79 Å². The molecule has 1 atom stereocenters. The normalized spacial score (nSPS) is 28.3. The van der Waals surface area contributed by atoms with Crippen LogP contribution in [0.15, 0.2) is 0 Å². The van der Waals surface area contributed by atoms with Crippen LogP contribution in [0.3, 0.4) is 0 Å². The van der Waals surface area contributed by atoms with Crippen LogP contribution in [0.1, 0.15) is 40.0 Å². The van der Waals surface area contributed by atoms with E-state index in [1.165, 1.54) is 0 Å². The minimum atomic E-state index is -2.77. The maximum absolute atomic E-state index is 12.9. The van der Waals surface area contributed by atoms with Crippen molar-refractivity contribution in [2.75, 3.05) is 0 Å². The molecule has 1 amide bonds. The summed E-state index contributed by atoms with van der Waals surface area (Å²) in [5.41, 5.74) is -1.69. The van der Waals surface area contributed by atoms with Crippen LogP contribution in [-0.4, -0.2) is 29.4 Å². The number of Topliss-reactive ketones (excluding diaryl/α,β-unsaturated/α-hetero) is 1. The van der Waals surface area contributed by atoms with Gasteiger partial charge in [-0.05, 0) is 20.8 Å². The van der Waals surface area contributed by atoms with Gasteiger partial charge in [0.25, 0.3) is 0 Å². The van der Waals surface area contributed by atoms with Gasteiger partial charge in [-0.1, -0.05) is 0 Å². The molecule has 2 fully saturated rings. The van der Waals surface area contributed by atoms with Crippen molar-refractivity contribution in [3.05, 3.63) is 0 Å². The van der Waals surface area contributed by atoms with Crippen molar-refractivity contribution < 1.29 is 23.1 Å². The van der Waals surface area contributed by atoms with Crippen LogP contribution in [0.5, 0.6) is 0 Å². The van der Waals surface area contributed by atoms with E-state index in [4.69, 9.17) is 4.74 Å². The number of carbonyl (C=O) groups is 2. The Balaban J connectivity index is 1.92. The summed E-state index contributed by atoms with van der Waals surface area (Å²) < 4.78 is 30.9. The molecular formula is C12H17F2NO3. The predicted molar refractivity (Wildman–Crippen MR) is 59.4 cm³/mol. The molecule has 0 bridgehead atoms. The number of alkyl halides is 2. The Bertz CT molecular complexity index is 393. The Kier molecular flexibility index (Phi) is 2.68. The summed E-state index contributed by atoms with van der Waals surface area (Å²) in [4.78, 5) is 23.0. The van der Waals surface area contributed by atoms with Crippen LogP contribution in [-0.2, 0) is 9.53 Å². The van der Waals surface area contributed by atoms with Crippen LogP contribution < -0.4 is 5.32 Å². The molecule has 6 heteroatoms. The van der Waals surface area contributed by atoms with Gasteiger partial charge in [0, 0.05) is 19.3 Å². The van der Waals surface area contributed by atoms with E-state index >= 15 is 0 Å². The number of ether oxygens (including phenoxy) is 1. The largest absolute Gasteiger partial charge is 0.444 e. The molecule has 2 aliphatic rings. The van der Waals surface area contributed by atoms with Crippen LogP contribution in [0.2, 0.25) is 0 Å². The Morgan fingerprint density at radius 2 is 1.94 bits per heavy atom. The molecule has 18 heavy (non-hydrogen) atoms. The number of hydrogen-bond donors (Lipinski definition) is 1. The zero-order valence-corrected chi connectivity index (χ0v) is 10.7. The minimum absolute atomic E-state index is 0.120. The highest BCUT2D eigenvalue weighted by Crippen LogP contribution is 2.60. The van der Waals surface area contributed by atoms with E-state index in [1.54, 1.807) is 20.8 Å². The number of rotatable bonds is 1. The van der Waals surface area contributed by atoms with Crippen LogP contribution in [0.25, 0.3) is 0 Å². The third-order valence-electron chi connectivity index (χ3n) is 3.45. The Morgan fingerprint density at radius 1 is 1.39 bits per heavy atom. The average molecular weight is 261 g/mol. The van der Waals surface area contributed by atoms with Crippen molar-refractivity contribution in [2.24, 2.45) is 5.41 Å². The van der Waals surface area contributed by atoms with Gasteiger partial charge in [-0.15, -0.1) is 0 Å². The standard InChI is InChI=1S/C12H17F2NO3/c1-10(2,3)18-9(17)15-7-4-8(16)11(7)5-12(13,14)6-11/h7H,4-6H2,1-3H3,(H,15,17). The third-order valence-corrected chi connectivity index (χ3v) is 3.45. The molecule has 2 saturated carbocycles. The highest BCUT2D eigenvalue weighted by Gasteiger charge is 2.69. The summed E-state index contributed by atoms with van der Waals surface area (Å²) in [5.74, 6) is -2.96. The van der Waals surface area contributed by atoms with E-state index in [-0.39, 0.29) is 12.2 Å². The molecule has 102 valence electrons. The average Bonchev–Trinajstić information content (AvgIpc) is 2.10. The van der Waals surface area contributed by atoms with Crippen LogP contribution in [0.4, 0.5) is 13.6 Å². The molecule has 2 rings (SSSR count). The maximum Gasteiger partial charge on any atom is 0.407 e. The lowest BCUT2D eigenvalue weighted by atomic mass is 9.50. The molecule has 4 nitrogen and oxygen atoms in total. The number of ketones is 1. The first-order chi connectivity index (χ1) is 8.04. The van der Waals surface area contributed by atoms with Gasteiger partial charge in [0.1, 0.15) is 11.4 Å². The van der Waals surface area contributed by atoms with E-state index in [2.05, 4.69) is 5.32 Å². The molecule has 0 aromatic heterocycles. The fourth-order valence-electron chi connectivity index (χ4n) is 2.60. The van der Waals surface area contributed by atoms with Gasteiger partial charge in [0.15, 0.2) is 0 Å². The van der Waals surface area contributed by atoms with Gasteiger partial charge in [0.05, 0.1) is 11.5 Å². The van der Waals surface area contributed by atoms with Crippen molar-refractivity contribution in [1.82, 2.24) is 5.32 Å². The van der Waals surface area contributed by atoms with E-state index in [0.29, 0.717) is 0 Å². The molecule has 0 aromatic rings. The van der Waals surface area contributed by atoms with E-state index in [9.17, 15) is 18.4 Å². The molecule has 0 aliphatic heterocycles. The third kappa shape index (κ3) is 2.20. The summed E-state index contributed by atoms with van der Waals surface area (Å²) in [5, 5.41) is 2.52. The fourth-order valence-corrected chi connectivity index (χ4v) is 2.60. The van der Waals surface area contributed by atoms with Crippen LogP contribution >= 0.6 is 0 Å². The predicted octanol–water partition coefficient (Wildman–Crippen LogP) is 2.27. The van der Waals surface area contributed by atoms with Gasteiger partial charge in [-0.2, -0.15) is 0 Å². The molecule has 0 radical (unpaired) electrons.